The lowest BCUT2D eigenvalue weighted by atomic mass is 9.94. The minimum atomic E-state index is -1.18. The van der Waals surface area contributed by atoms with Crippen LogP contribution in [0.25, 0.3) is 0 Å². The van der Waals surface area contributed by atoms with Crippen LogP contribution in [0.15, 0.2) is 24.3 Å². The predicted octanol–water partition coefficient (Wildman–Crippen LogP) is -0.607. The molecule has 2 atom stereocenters. The number of hydrogen-bond donors (Lipinski definition) is 0. The Bertz CT molecular complexity index is 376. The van der Waals surface area contributed by atoms with Crippen LogP contribution in [0.2, 0.25) is 0 Å². The van der Waals surface area contributed by atoms with E-state index in [2.05, 4.69) is 0 Å². The maximum atomic E-state index is 10.7. The molecule has 0 saturated carbocycles. The first-order valence-electron chi connectivity index (χ1n) is 4.95. The molecule has 16 heavy (non-hydrogen) atoms. The molecule has 0 bridgehead atoms. The fraction of sp³-hybridized carbons (Fsp3) is 0.333. The third kappa shape index (κ3) is 2.59. The maximum Gasteiger partial charge on any atom is 0.0486 e. The van der Waals surface area contributed by atoms with E-state index in [1.54, 1.807) is 24.3 Å². The van der Waals surface area contributed by atoms with Crippen LogP contribution in [0.3, 0.4) is 0 Å². The zero-order valence-corrected chi connectivity index (χ0v) is 9.10. The third-order valence-corrected chi connectivity index (χ3v) is 2.62. The van der Waals surface area contributed by atoms with Crippen molar-refractivity contribution in [2.75, 3.05) is 0 Å². The van der Waals surface area contributed by atoms with Crippen molar-refractivity contribution in [2.45, 2.75) is 25.7 Å². The normalized spacial score (nSPS) is 14.1. The SMILES string of the molecule is CC(C(=O)[O-])c1cccc(C(C)C(=O)[O-])c1. The van der Waals surface area contributed by atoms with Crippen molar-refractivity contribution in [3.8, 4) is 0 Å². The lowest BCUT2D eigenvalue weighted by Crippen LogP contribution is -2.29. The van der Waals surface area contributed by atoms with E-state index in [0.29, 0.717) is 11.1 Å². The molecule has 0 amide bonds. The number of carbonyl (C=O) groups excluding carboxylic acids is 2. The molecule has 0 fully saturated rings. The van der Waals surface area contributed by atoms with E-state index in [1.807, 2.05) is 0 Å². The molecule has 1 aromatic rings. The third-order valence-electron chi connectivity index (χ3n) is 2.62. The van der Waals surface area contributed by atoms with E-state index in [1.165, 1.54) is 13.8 Å². The zero-order chi connectivity index (χ0) is 12.3. The molecule has 0 aliphatic carbocycles. The van der Waals surface area contributed by atoms with E-state index in [9.17, 15) is 19.8 Å². The standard InChI is InChI=1S/C12H14O4/c1-7(11(13)14)9-4-3-5-10(6-9)8(2)12(15)16/h3-8H,1-2H3,(H,13,14)(H,15,16)/p-2. The van der Waals surface area contributed by atoms with Crippen LogP contribution in [0.4, 0.5) is 0 Å². The van der Waals surface area contributed by atoms with E-state index < -0.39 is 23.8 Å². The highest BCUT2D eigenvalue weighted by Gasteiger charge is 2.10. The van der Waals surface area contributed by atoms with Crippen LogP contribution < -0.4 is 10.2 Å². The quantitative estimate of drug-likeness (QED) is 0.678. The van der Waals surface area contributed by atoms with Gasteiger partial charge in [0.05, 0.1) is 0 Å². The van der Waals surface area contributed by atoms with E-state index in [4.69, 9.17) is 0 Å². The molecule has 0 aromatic heterocycles. The maximum absolute atomic E-state index is 10.7. The number of hydrogen-bond acceptors (Lipinski definition) is 4. The second-order valence-corrected chi connectivity index (χ2v) is 3.75. The Balaban J connectivity index is 3.04. The molecule has 0 aliphatic heterocycles. The summed E-state index contributed by atoms with van der Waals surface area (Å²) in [5, 5.41) is 21.3. The van der Waals surface area contributed by atoms with E-state index in [0.717, 1.165) is 0 Å². The van der Waals surface area contributed by atoms with Gasteiger partial charge in [-0.3, -0.25) is 0 Å². The number of benzene rings is 1. The number of aliphatic carboxylic acids is 2. The van der Waals surface area contributed by atoms with Crippen molar-refractivity contribution in [1.82, 2.24) is 0 Å². The molecule has 0 spiro atoms. The van der Waals surface area contributed by atoms with Gasteiger partial charge in [-0.05, 0) is 11.1 Å². The van der Waals surface area contributed by atoms with Crippen molar-refractivity contribution >= 4 is 11.9 Å². The van der Waals surface area contributed by atoms with Crippen molar-refractivity contribution < 1.29 is 19.8 Å². The molecule has 4 heteroatoms. The first-order valence-corrected chi connectivity index (χ1v) is 4.95. The highest BCUT2D eigenvalue weighted by atomic mass is 16.4. The second kappa shape index (κ2) is 4.79. The second-order valence-electron chi connectivity index (χ2n) is 3.75. The monoisotopic (exact) mass is 220 g/mol. The molecule has 4 nitrogen and oxygen atoms in total. The van der Waals surface area contributed by atoms with Crippen LogP contribution >= 0.6 is 0 Å². The van der Waals surface area contributed by atoms with Gasteiger partial charge in [-0.15, -0.1) is 0 Å². The molecule has 0 heterocycles. The first kappa shape index (κ1) is 12.2. The predicted molar refractivity (Wildman–Crippen MR) is 53.3 cm³/mol. The Labute approximate surface area is 93.5 Å². The van der Waals surface area contributed by atoms with Crippen LogP contribution in [-0.4, -0.2) is 11.9 Å². The van der Waals surface area contributed by atoms with E-state index >= 15 is 0 Å². The van der Waals surface area contributed by atoms with Crippen LogP contribution in [-0.2, 0) is 9.59 Å². The molecule has 1 rings (SSSR count). The highest BCUT2D eigenvalue weighted by molar-refractivity contribution is 5.75. The van der Waals surface area contributed by atoms with Crippen molar-refractivity contribution in [2.24, 2.45) is 0 Å². The Kier molecular flexibility index (Phi) is 3.66. The zero-order valence-electron chi connectivity index (χ0n) is 9.10. The van der Waals surface area contributed by atoms with Gasteiger partial charge in [-0.25, -0.2) is 0 Å². The van der Waals surface area contributed by atoms with Gasteiger partial charge >= 0.3 is 0 Å². The van der Waals surface area contributed by atoms with Gasteiger partial charge in [0.2, 0.25) is 0 Å². The molecule has 0 N–H and O–H groups in total. The molecule has 1 aromatic carbocycles. The summed E-state index contributed by atoms with van der Waals surface area (Å²) in [5.41, 5.74) is 1.07. The molecular formula is C12H12O4-2. The number of rotatable bonds is 4. The molecular weight excluding hydrogens is 208 g/mol. The Morgan fingerprint density at radius 1 is 1.00 bits per heavy atom. The average Bonchev–Trinajstić information content (AvgIpc) is 2.26. The van der Waals surface area contributed by atoms with Gasteiger partial charge in [-0.1, -0.05) is 38.1 Å². The summed E-state index contributed by atoms with van der Waals surface area (Å²) in [6.07, 6.45) is 0. The summed E-state index contributed by atoms with van der Waals surface area (Å²) >= 11 is 0. The summed E-state index contributed by atoms with van der Waals surface area (Å²) in [4.78, 5) is 21.3. The lowest BCUT2D eigenvalue weighted by Gasteiger charge is -2.17. The minimum absolute atomic E-state index is 0.533. The highest BCUT2D eigenvalue weighted by Crippen LogP contribution is 2.20. The Hall–Kier alpha value is -1.84. The summed E-state index contributed by atoms with van der Waals surface area (Å²) in [5.74, 6) is -3.88. The van der Waals surface area contributed by atoms with Crippen LogP contribution in [0, 0.1) is 0 Å². The van der Waals surface area contributed by atoms with Gasteiger partial charge in [-0.2, -0.15) is 0 Å². The Morgan fingerprint density at radius 3 is 1.69 bits per heavy atom. The van der Waals surface area contributed by atoms with Gasteiger partial charge in [0.15, 0.2) is 0 Å². The van der Waals surface area contributed by atoms with Crippen molar-refractivity contribution in [1.29, 1.82) is 0 Å². The smallest absolute Gasteiger partial charge is 0.0486 e. The largest absolute Gasteiger partial charge is 0.550 e. The van der Waals surface area contributed by atoms with Gasteiger partial charge < -0.3 is 19.8 Å². The number of carbonyl (C=O) groups is 2. The fourth-order valence-electron chi connectivity index (χ4n) is 1.37. The summed E-state index contributed by atoms with van der Waals surface area (Å²) in [7, 11) is 0. The van der Waals surface area contributed by atoms with E-state index in [-0.39, 0.29) is 0 Å². The molecule has 2 unspecified atom stereocenters. The molecule has 0 radical (unpaired) electrons. The topological polar surface area (TPSA) is 80.3 Å². The lowest BCUT2D eigenvalue weighted by molar-refractivity contribution is -0.308. The molecule has 0 aliphatic rings. The van der Waals surface area contributed by atoms with Crippen molar-refractivity contribution in [3.05, 3.63) is 35.4 Å². The fourth-order valence-corrected chi connectivity index (χ4v) is 1.37. The molecule has 0 saturated heterocycles. The van der Waals surface area contributed by atoms with Gasteiger partial charge in [0.1, 0.15) is 0 Å². The number of carboxylic acids is 2. The van der Waals surface area contributed by atoms with Gasteiger partial charge in [0.25, 0.3) is 0 Å². The molecule has 86 valence electrons. The van der Waals surface area contributed by atoms with Crippen LogP contribution in [0.5, 0.6) is 0 Å². The first-order chi connectivity index (χ1) is 7.43. The summed E-state index contributed by atoms with van der Waals surface area (Å²) in [6.45, 7) is 3.00. The Morgan fingerprint density at radius 2 is 1.38 bits per heavy atom. The van der Waals surface area contributed by atoms with Gasteiger partial charge in [0, 0.05) is 23.8 Å². The summed E-state index contributed by atoms with van der Waals surface area (Å²) in [6, 6.07) is 6.45. The minimum Gasteiger partial charge on any atom is -0.550 e. The van der Waals surface area contributed by atoms with Crippen LogP contribution in [0.1, 0.15) is 36.8 Å². The average molecular weight is 220 g/mol. The van der Waals surface area contributed by atoms with Crippen molar-refractivity contribution in [3.63, 3.8) is 0 Å². The number of carboxylic acid groups (broad SMARTS) is 2. The summed E-state index contributed by atoms with van der Waals surface area (Å²) < 4.78 is 0.